The number of aromatic nitrogens is 1. The number of nitrogens with zero attached hydrogens (tertiary/aromatic N) is 2. The van der Waals surface area contributed by atoms with E-state index in [0.29, 0.717) is 12.0 Å². The molecule has 0 radical (unpaired) electrons. The molecule has 0 aromatic carbocycles. The molecular formula is C14H21N3S. The molecule has 1 aromatic rings. The van der Waals surface area contributed by atoms with Gasteiger partial charge in [-0.3, -0.25) is 9.98 Å². The fourth-order valence-corrected chi connectivity index (χ4v) is 2.94. The number of thioether (sulfide) groups is 1. The van der Waals surface area contributed by atoms with Gasteiger partial charge in [0.25, 0.3) is 0 Å². The van der Waals surface area contributed by atoms with Crippen molar-refractivity contribution in [3.05, 3.63) is 29.6 Å². The fourth-order valence-electron chi connectivity index (χ4n) is 1.98. The van der Waals surface area contributed by atoms with Crippen molar-refractivity contribution in [2.24, 2.45) is 10.9 Å². The number of aliphatic imine (C=N–C) groups is 1. The van der Waals surface area contributed by atoms with Gasteiger partial charge in [-0.05, 0) is 36.5 Å². The molecule has 0 aliphatic carbocycles. The molecule has 0 bridgehead atoms. The highest BCUT2D eigenvalue weighted by Crippen LogP contribution is 2.19. The quantitative estimate of drug-likeness (QED) is 0.911. The largest absolute Gasteiger partial charge is 0.362 e. The number of amidine groups is 1. The van der Waals surface area contributed by atoms with Gasteiger partial charge in [-0.1, -0.05) is 25.6 Å². The maximum Gasteiger partial charge on any atom is 0.157 e. The van der Waals surface area contributed by atoms with Crippen molar-refractivity contribution in [1.29, 1.82) is 0 Å². The summed E-state index contributed by atoms with van der Waals surface area (Å²) in [4.78, 5) is 8.79. The molecule has 98 valence electrons. The van der Waals surface area contributed by atoms with Crippen molar-refractivity contribution in [3.63, 3.8) is 0 Å². The molecule has 1 aliphatic rings. The second-order valence-corrected chi connectivity index (χ2v) is 6.14. The molecule has 4 heteroatoms. The van der Waals surface area contributed by atoms with E-state index in [9.17, 15) is 0 Å². The van der Waals surface area contributed by atoms with Gasteiger partial charge in [-0.15, -0.1) is 0 Å². The first-order valence-electron chi connectivity index (χ1n) is 6.50. The van der Waals surface area contributed by atoms with Gasteiger partial charge in [0.2, 0.25) is 0 Å². The van der Waals surface area contributed by atoms with Gasteiger partial charge < -0.3 is 5.32 Å². The van der Waals surface area contributed by atoms with Gasteiger partial charge in [0.1, 0.15) is 0 Å². The highest BCUT2D eigenvalue weighted by Gasteiger charge is 2.19. The summed E-state index contributed by atoms with van der Waals surface area (Å²) in [6.45, 7) is 7.35. The van der Waals surface area contributed by atoms with Crippen LogP contribution in [0.3, 0.4) is 0 Å². The van der Waals surface area contributed by atoms with E-state index in [4.69, 9.17) is 0 Å². The minimum atomic E-state index is 0.573. The van der Waals surface area contributed by atoms with Crippen LogP contribution < -0.4 is 5.32 Å². The summed E-state index contributed by atoms with van der Waals surface area (Å²) in [6, 6.07) is 2.62. The van der Waals surface area contributed by atoms with E-state index in [1.165, 1.54) is 23.3 Å². The van der Waals surface area contributed by atoms with Crippen molar-refractivity contribution in [1.82, 2.24) is 10.3 Å². The molecule has 18 heavy (non-hydrogen) atoms. The van der Waals surface area contributed by atoms with E-state index in [1.807, 2.05) is 30.2 Å². The monoisotopic (exact) mass is 263 g/mol. The van der Waals surface area contributed by atoms with Crippen LogP contribution in [-0.2, 0) is 6.54 Å². The van der Waals surface area contributed by atoms with Crippen LogP contribution in [0.5, 0.6) is 0 Å². The van der Waals surface area contributed by atoms with E-state index < -0.39 is 0 Å². The van der Waals surface area contributed by atoms with E-state index in [2.05, 4.69) is 36.1 Å². The Morgan fingerprint density at radius 1 is 1.56 bits per heavy atom. The summed E-state index contributed by atoms with van der Waals surface area (Å²) < 4.78 is 0. The average Bonchev–Trinajstić information content (AvgIpc) is 2.38. The molecule has 1 N–H and O–H groups in total. The van der Waals surface area contributed by atoms with Crippen LogP contribution in [0.1, 0.15) is 31.4 Å². The Bertz CT molecular complexity index is 429. The molecular weight excluding hydrogens is 242 g/mol. The SMILES string of the molecule is Cc1cnccc1CN=C1NC(C(C)C)CCS1. The minimum Gasteiger partial charge on any atom is -0.362 e. The second kappa shape index (κ2) is 6.23. The van der Waals surface area contributed by atoms with Gasteiger partial charge >= 0.3 is 0 Å². The second-order valence-electron chi connectivity index (χ2n) is 5.06. The first-order valence-corrected chi connectivity index (χ1v) is 7.48. The van der Waals surface area contributed by atoms with Crippen LogP contribution >= 0.6 is 11.8 Å². The zero-order chi connectivity index (χ0) is 13.0. The first kappa shape index (κ1) is 13.4. The summed E-state index contributed by atoms with van der Waals surface area (Å²) in [5.41, 5.74) is 2.47. The fraction of sp³-hybridized carbons (Fsp3) is 0.571. The topological polar surface area (TPSA) is 37.3 Å². The predicted molar refractivity (Wildman–Crippen MR) is 78.9 cm³/mol. The van der Waals surface area contributed by atoms with Crippen LogP contribution in [0.25, 0.3) is 0 Å². The van der Waals surface area contributed by atoms with Gasteiger partial charge in [-0.2, -0.15) is 0 Å². The summed E-state index contributed by atoms with van der Waals surface area (Å²) in [5.74, 6) is 1.84. The maximum absolute atomic E-state index is 4.69. The summed E-state index contributed by atoms with van der Waals surface area (Å²) in [6.07, 6.45) is 4.96. The van der Waals surface area contributed by atoms with Crippen LogP contribution in [-0.4, -0.2) is 21.9 Å². The minimum absolute atomic E-state index is 0.573. The molecule has 1 atom stereocenters. The average molecular weight is 263 g/mol. The third-order valence-corrected chi connectivity index (χ3v) is 4.27. The number of rotatable bonds is 3. The lowest BCUT2D eigenvalue weighted by atomic mass is 10.0. The van der Waals surface area contributed by atoms with E-state index >= 15 is 0 Å². The zero-order valence-electron chi connectivity index (χ0n) is 11.3. The molecule has 0 amide bonds. The zero-order valence-corrected chi connectivity index (χ0v) is 12.1. The van der Waals surface area contributed by atoms with Crippen molar-refractivity contribution >= 4 is 16.9 Å². The van der Waals surface area contributed by atoms with Gasteiger partial charge in [0, 0.05) is 24.2 Å². The lowest BCUT2D eigenvalue weighted by Crippen LogP contribution is -2.41. The molecule has 1 unspecified atom stereocenters. The molecule has 3 nitrogen and oxygen atoms in total. The van der Waals surface area contributed by atoms with Crippen LogP contribution in [0.15, 0.2) is 23.5 Å². The van der Waals surface area contributed by atoms with Crippen molar-refractivity contribution in [2.75, 3.05) is 5.75 Å². The molecule has 2 heterocycles. The standard InChI is InChI=1S/C14H21N3S/c1-10(2)13-5-7-18-14(17-13)16-9-12-4-6-15-8-11(12)3/h4,6,8,10,13H,5,7,9H2,1-3H3,(H,16,17). The summed E-state index contributed by atoms with van der Waals surface area (Å²) in [5, 5.41) is 4.63. The number of hydrogen-bond donors (Lipinski definition) is 1. The normalized spacial score (nSPS) is 22.2. The Morgan fingerprint density at radius 2 is 2.39 bits per heavy atom. The lowest BCUT2D eigenvalue weighted by molar-refractivity contribution is 0.442. The summed E-state index contributed by atoms with van der Waals surface area (Å²) in [7, 11) is 0. The molecule has 2 rings (SSSR count). The molecule has 1 aliphatic heterocycles. The third-order valence-electron chi connectivity index (χ3n) is 3.31. The van der Waals surface area contributed by atoms with Crippen molar-refractivity contribution in [3.8, 4) is 0 Å². The van der Waals surface area contributed by atoms with Crippen LogP contribution in [0.4, 0.5) is 0 Å². The van der Waals surface area contributed by atoms with Crippen molar-refractivity contribution < 1.29 is 0 Å². The van der Waals surface area contributed by atoms with E-state index in [-0.39, 0.29) is 0 Å². The van der Waals surface area contributed by atoms with E-state index in [1.54, 1.807) is 0 Å². The van der Waals surface area contributed by atoms with Crippen molar-refractivity contribution in [2.45, 2.75) is 39.8 Å². The van der Waals surface area contributed by atoms with Crippen LogP contribution in [0.2, 0.25) is 0 Å². The number of nitrogens with one attached hydrogen (secondary N) is 1. The highest BCUT2D eigenvalue weighted by molar-refractivity contribution is 8.13. The van der Waals surface area contributed by atoms with Crippen LogP contribution in [0, 0.1) is 12.8 Å². The number of aryl methyl sites for hydroxylation is 1. The van der Waals surface area contributed by atoms with E-state index in [0.717, 1.165) is 11.7 Å². The smallest absolute Gasteiger partial charge is 0.157 e. The Balaban J connectivity index is 1.99. The Kier molecular flexibility index (Phi) is 4.64. The van der Waals surface area contributed by atoms with Gasteiger partial charge in [0.15, 0.2) is 5.17 Å². The molecule has 1 aromatic heterocycles. The number of hydrogen-bond acceptors (Lipinski definition) is 3. The predicted octanol–water partition coefficient (Wildman–Crippen LogP) is 3.00. The highest BCUT2D eigenvalue weighted by atomic mass is 32.2. The summed E-state index contributed by atoms with van der Waals surface area (Å²) >= 11 is 1.83. The maximum atomic E-state index is 4.69. The third kappa shape index (κ3) is 3.48. The van der Waals surface area contributed by atoms with Gasteiger partial charge in [-0.25, -0.2) is 0 Å². The Labute approximate surface area is 113 Å². The first-order chi connectivity index (χ1) is 8.66. The Hall–Kier alpha value is -1.03. The number of pyridine rings is 1. The van der Waals surface area contributed by atoms with Gasteiger partial charge in [0.05, 0.1) is 6.54 Å². The Morgan fingerprint density at radius 3 is 3.11 bits per heavy atom. The lowest BCUT2D eigenvalue weighted by Gasteiger charge is -2.28. The molecule has 1 fully saturated rings. The molecule has 0 saturated carbocycles. The molecule has 1 saturated heterocycles. The molecule has 0 spiro atoms.